The minimum absolute atomic E-state index is 0.536. The molecule has 0 aliphatic carbocycles. The molecule has 3 heteroatoms. The fourth-order valence-corrected chi connectivity index (χ4v) is 2.46. The molecule has 0 fully saturated rings. The molecule has 2 nitrogen and oxygen atoms in total. The molecule has 1 rings (SSSR count). The summed E-state index contributed by atoms with van der Waals surface area (Å²) in [5.41, 5.74) is 0. The quantitative estimate of drug-likeness (QED) is 0.700. The van der Waals surface area contributed by atoms with Gasteiger partial charge in [-0.1, -0.05) is 48.3 Å². The lowest BCUT2D eigenvalue weighted by Gasteiger charge is -2.18. The SMILES string of the molecule is CCC(CCOc1ccccc1OC)C(C)Br. The van der Waals surface area contributed by atoms with Crippen LogP contribution in [0.3, 0.4) is 0 Å². The fraction of sp³-hybridized carbons (Fsp3) is 0.571. The van der Waals surface area contributed by atoms with Crippen LogP contribution >= 0.6 is 15.9 Å². The smallest absolute Gasteiger partial charge is 0.161 e. The van der Waals surface area contributed by atoms with Gasteiger partial charge >= 0.3 is 0 Å². The molecule has 17 heavy (non-hydrogen) atoms. The van der Waals surface area contributed by atoms with Crippen molar-refractivity contribution >= 4 is 15.9 Å². The first-order chi connectivity index (χ1) is 8.19. The van der Waals surface area contributed by atoms with Gasteiger partial charge in [0, 0.05) is 4.83 Å². The molecule has 0 aromatic heterocycles. The van der Waals surface area contributed by atoms with Gasteiger partial charge in [-0.25, -0.2) is 0 Å². The van der Waals surface area contributed by atoms with Gasteiger partial charge in [-0.05, 0) is 24.5 Å². The van der Waals surface area contributed by atoms with Gasteiger partial charge in [0.15, 0.2) is 11.5 Å². The number of halogens is 1. The summed E-state index contributed by atoms with van der Waals surface area (Å²) in [6, 6.07) is 7.76. The normalized spacial score (nSPS) is 14.1. The van der Waals surface area contributed by atoms with E-state index < -0.39 is 0 Å². The first-order valence-electron chi connectivity index (χ1n) is 6.09. The third-order valence-electron chi connectivity index (χ3n) is 2.99. The van der Waals surface area contributed by atoms with E-state index in [0.717, 1.165) is 24.5 Å². The standard InChI is InChI=1S/C14H21BrO2/c1-4-12(11(2)15)9-10-17-14-8-6-5-7-13(14)16-3/h5-8,11-12H,4,9-10H2,1-3H3. The zero-order valence-corrected chi connectivity index (χ0v) is 12.4. The minimum Gasteiger partial charge on any atom is -0.493 e. The highest BCUT2D eigenvalue weighted by molar-refractivity contribution is 9.09. The number of para-hydroxylation sites is 2. The number of alkyl halides is 1. The fourth-order valence-electron chi connectivity index (χ4n) is 1.82. The Kier molecular flexibility index (Phi) is 6.41. The summed E-state index contributed by atoms with van der Waals surface area (Å²) < 4.78 is 11.0. The lowest BCUT2D eigenvalue weighted by molar-refractivity contribution is 0.261. The van der Waals surface area contributed by atoms with Crippen molar-refractivity contribution in [2.75, 3.05) is 13.7 Å². The maximum Gasteiger partial charge on any atom is 0.161 e. The van der Waals surface area contributed by atoms with Crippen molar-refractivity contribution in [1.82, 2.24) is 0 Å². The maximum absolute atomic E-state index is 5.76. The Morgan fingerprint density at radius 2 is 1.88 bits per heavy atom. The highest BCUT2D eigenvalue weighted by Gasteiger charge is 2.12. The Morgan fingerprint density at radius 3 is 2.41 bits per heavy atom. The van der Waals surface area contributed by atoms with E-state index in [1.54, 1.807) is 7.11 Å². The number of rotatable bonds is 7. The van der Waals surface area contributed by atoms with Crippen molar-refractivity contribution in [3.05, 3.63) is 24.3 Å². The van der Waals surface area contributed by atoms with Crippen LogP contribution in [-0.4, -0.2) is 18.5 Å². The van der Waals surface area contributed by atoms with Crippen LogP contribution < -0.4 is 9.47 Å². The Morgan fingerprint density at radius 1 is 1.24 bits per heavy atom. The third-order valence-corrected chi connectivity index (χ3v) is 3.74. The van der Waals surface area contributed by atoms with Gasteiger partial charge in [-0.2, -0.15) is 0 Å². The Hall–Kier alpha value is -0.700. The number of hydrogen-bond donors (Lipinski definition) is 0. The Labute approximate surface area is 112 Å². The molecule has 2 atom stereocenters. The largest absolute Gasteiger partial charge is 0.493 e. The molecule has 0 heterocycles. The van der Waals surface area contributed by atoms with Gasteiger partial charge in [0.25, 0.3) is 0 Å². The predicted octanol–water partition coefficient (Wildman–Crippen LogP) is 4.27. The summed E-state index contributed by atoms with van der Waals surface area (Å²) in [5, 5.41) is 0. The summed E-state index contributed by atoms with van der Waals surface area (Å²) in [6.45, 7) is 5.14. The highest BCUT2D eigenvalue weighted by atomic mass is 79.9. The van der Waals surface area contributed by atoms with Crippen molar-refractivity contribution in [2.45, 2.75) is 31.5 Å². The average molecular weight is 301 g/mol. The third kappa shape index (κ3) is 4.58. The molecular weight excluding hydrogens is 280 g/mol. The predicted molar refractivity (Wildman–Crippen MR) is 75.3 cm³/mol. The van der Waals surface area contributed by atoms with Crippen LogP contribution in [0.15, 0.2) is 24.3 Å². The van der Waals surface area contributed by atoms with E-state index in [1.807, 2.05) is 24.3 Å². The molecule has 1 aromatic carbocycles. The van der Waals surface area contributed by atoms with Crippen LogP contribution in [-0.2, 0) is 0 Å². The molecule has 1 aromatic rings. The lowest BCUT2D eigenvalue weighted by atomic mass is 10.0. The molecule has 0 amide bonds. The molecule has 0 spiro atoms. The molecule has 0 saturated heterocycles. The monoisotopic (exact) mass is 300 g/mol. The number of methoxy groups -OCH3 is 1. The molecule has 96 valence electrons. The van der Waals surface area contributed by atoms with E-state index in [2.05, 4.69) is 29.8 Å². The van der Waals surface area contributed by atoms with E-state index in [4.69, 9.17) is 9.47 Å². The number of hydrogen-bond acceptors (Lipinski definition) is 2. The molecule has 0 radical (unpaired) electrons. The Balaban J connectivity index is 2.45. The molecule has 0 saturated carbocycles. The van der Waals surface area contributed by atoms with Crippen LogP contribution in [0.5, 0.6) is 11.5 Å². The molecule has 0 aliphatic rings. The summed E-state index contributed by atoms with van der Waals surface area (Å²) in [4.78, 5) is 0.536. The zero-order chi connectivity index (χ0) is 12.7. The van der Waals surface area contributed by atoms with Gasteiger partial charge in [0.1, 0.15) is 0 Å². The van der Waals surface area contributed by atoms with E-state index in [1.165, 1.54) is 6.42 Å². The van der Waals surface area contributed by atoms with E-state index in [0.29, 0.717) is 10.7 Å². The Bertz CT molecular complexity index is 326. The van der Waals surface area contributed by atoms with Crippen molar-refractivity contribution < 1.29 is 9.47 Å². The zero-order valence-electron chi connectivity index (χ0n) is 10.8. The van der Waals surface area contributed by atoms with Crippen molar-refractivity contribution in [1.29, 1.82) is 0 Å². The second-order valence-corrected chi connectivity index (χ2v) is 5.58. The van der Waals surface area contributed by atoms with Gasteiger partial charge in [-0.15, -0.1) is 0 Å². The maximum atomic E-state index is 5.76. The van der Waals surface area contributed by atoms with E-state index in [9.17, 15) is 0 Å². The van der Waals surface area contributed by atoms with Gasteiger partial charge in [-0.3, -0.25) is 0 Å². The van der Waals surface area contributed by atoms with Gasteiger partial charge in [0.2, 0.25) is 0 Å². The minimum atomic E-state index is 0.536. The van der Waals surface area contributed by atoms with Gasteiger partial charge < -0.3 is 9.47 Å². The summed E-state index contributed by atoms with van der Waals surface area (Å²) in [5.74, 6) is 2.28. The second kappa shape index (κ2) is 7.59. The average Bonchev–Trinajstić information content (AvgIpc) is 2.34. The van der Waals surface area contributed by atoms with Crippen LogP contribution in [0.4, 0.5) is 0 Å². The topological polar surface area (TPSA) is 18.5 Å². The molecule has 0 bridgehead atoms. The molecular formula is C14H21BrO2. The van der Waals surface area contributed by atoms with Crippen LogP contribution in [0.1, 0.15) is 26.7 Å². The van der Waals surface area contributed by atoms with Crippen LogP contribution in [0.25, 0.3) is 0 Å². The lowest BCUT2D eigenvalue weighted by Crippen LogP contribution is -2.14. The van der Waals surface area contributed by atoms with E-state index in [-0.39, 0.29) is 0 Å². The number of ether oxygens (including phenoxy) is 2. The van der Waals surface area contributed by atoms with Crippen LogP contribution in [0, 0.1) is 5.92 Å². The van der Waals surface area contributed by atoms with Crippen LogP contribution in [0.2, 0.25) is 0 Å². The number of benzene rings is 1. The summed E-state index contributed by atoms with van der Waals surface area (Å²) >= 11 is 3.64. The van der Waals surface area contributed by atoms with E-state index >= 15 is 0 Å². The molecule has 0 aliphatic heterocycles. The summed E-state index contributed by atoms with van der Waals surface area (Å²) in [6.07, 6.45) is 2.22. The molecule has 2 unspecified atom stereocenters. The first-order valence-corrected chi connectivity index (χ1v) is 7.00. The van der Waals surface area contributed by atoms with Crippen molar-refractivity contribution in [3.63, 3.8) is 0 Å². The van der Waals surface area contributed by atoms with Crippen molar-refractivity contribution in [3.8, 4) is 11.5 Å². The highest BCUT2D eigenvalue weighted by Crippen LogP contribution is 2.27. The van der Waals surface area contributed by atoms with Crippen molar-refractivity contribution in [2.24, 2.45) is 5.92 Å². The first kappa shape index (κ1) is 14.4. The van der Waals surface area contributed by atoms with Gasteiger partial charge in [0.05, 0.1) is 13.7 Å². The summed E-state index contributed by atoms with van der Waals surface area (Å²) in [7, 11) is 1.66. The second-order valence-electron chi connectivity index (χ2n) is 4.13. The molecule has 0 N–H and O–H groups in total.